The Morgan fingerprint density at radius 2 is 1.75 bits per heavy atom. The van der Waals surface area contributed by atoms with Crippen molar-refractivity contribution in [2.45, 2.75) is 25.3 Å². The largest absolute Gasteiger partial charge is 0.493 e. The zero-order valence-electron chi connectivity index (χ0n) is 16.0. The quantitative estimate of drug-likeness (QED) is 0.599. The predicted octanol–water partition coefficient (Wildman–Crippen LogP) is 2.47. The second kappa shape index (κ2) is 8.07. The molecule has 0 aliphatic heterocycles. The van der Waals surface area contributed by atoms with Crippen LogP contribution in [0.5, 0.6) is 11.5 Å². The van der Waals surface area contributed by atoms with Gasteiger partial charge in [0.15, 0.2) is 11.5 Å². The van der Waals surface area contributed by atoms with Crippen LogP contribution in [0.3, 0.4) is 0 Å². The minimum atomic E-state index is -3.75. The fraction of sp³-hybridized carbons (Fsp3) is 0.316. The van der Waals surface area contributed by atoms with Gasteiger partial charge in [-0.25, -0.2) is 13.2 Å². The van der Waals surface area contributed by atoms with Gasteiger partial charge in [0.25, 0.3) is 0 Å². The molecule has 3 aromatic rings. The Hall–Kier alpha value is -2.78. The molecule has 0 saturated heterocycles. The molecule has 150 valence electrons. The molecule has 0 aliphatic carbocycles. The molecule has 1 aromatic heterocycles. The van der Waals surface area contributed by atoms with Crippen molar-refractivity contribution in [3.63, 3.8) is 0 Å². The maximum Gasteiger partial charge on any atom is 0.323 e. The fourth-order valence-corrected chi connectivity index (χ4v) is 4.44. The number of fused-ring (bicyclic) bond motifs is 1. The molecular formula is C19H23N3O5S. The minimum absolute atomic E-state index is 0.120. The van der Waals surface area contributed by atoms with Gasteiger partial charge in [0.2, 0.25) is 10.0 Å². The molecule has 0 aliphatic rings. The molecule has 0 radical (unpaired) electrons. The molecule has 0 saturated carbocycles. The fourth-order valence-electron chi connectivity index (χ4n) is 2.98. The highest BCUT2D eigenvalue weighted by atomic mass is 32.2. The number of hydrogen-bond acceptors (Lipinski definition) is 5. The number of ether oxygens (including phenoxy) is 2. The number of sulfonamides is 1. The monoisotopic (exact) mass is 405 g/mol. The van der Waals surface area contributed by atoms with Gasteiger partial charge in [-0.05, 0) is 42.8 Å². The third-order valence-corrected chi connectivity index (χ3v) is 6.28. The molecule has 28 heavy (non-hydrogen) atoms. The molecule has 0 bridgehead atoms. The molecule has 1 heterocycles. The van der Waals surface area contributed by atoms with E-state index in [0.29, 0.717) is 35.7 Å². The second-order valence-electron chi connectivity index (χ2n) is 6.14. The molecule has 0 amide bonds. The number of nitrogens with one attached hydrogen (secondary N) is 2. The van der Waals surface area contributed by atoms with Crippen molar-refractivity contribution in [2.75, 3.05) is 20.3 Å². The first-order valence-electron chi connectivity index (χ1n) is 8.91. The Kier molecular flexibility index (Phi) is 5.76. The predicted molar refractivity (Wildman–Crippen MR) is 106 cm³/mol. The highest BCUT2D eigenvalue weighted by Gasteiger charge is 2.24. The molecule has 9 heteroatoms. The lowest BCUT2D eigenvalue weighted by Crippen LogP contribution is -2.30. The van der Waals surface area contributed by atoms with Gasteiger partial charge in [-0.15, -0.1) is 0 Å². The lowest BCUT2D eigenvalue weighted by Gasteiger charge is -2.21. The highest BCUT2D eigenvalue weighted by molar-refractivity contribution is 7.89. The van der Waals surface area contributed by atoms with E-state index in [1.807, 2.05) is 13.0 Å². The average molecular weight is 405 g/mol. The van der Waals surface area contributed by atoms with Crippen LogP contribution in [0, 0.1) is 0 Å². The maximum absolute atomic E-state index is 13.1. The SMILES string of the molecule is CCOc1ccc(CN(CC)S(=O)(=O)c2ccc3[nH]c(=O)[nH]c3c2)cc1OC. The summed E-state index contributed by atoms with van der Waals surface area (Å²) in [5.41, 5.74) is 1.41. The van der Waals surface area contributed by atoms with Crippen molar-refractivity contribution in [1.82, 2.24) is 14.3 Å². The van der Waals surface area contributed by atoms with E-state index in [9.17, 15) is 13.2 Å². The van der Waals surface area contributed by atoms with E-state index < -0.39 is 10.0 Å². The Bertz CT molecular complexity index is 1130. The maximum atomic E-state index is 13.1. The number of nitrogens with zero attached hydrogens (tertiary/aromatic N) is 1. The topological polar surface area (TPSA) is 104 Å². The summed E-state index contributed by atoms with van der Waals surface area (Å²) in [5.74, 6) is 1.17. The van der Waals surface area contributed by atoms with Crippen LogP contribution in [0.25, 0.3) is 11.0 Å². The van der Waals surface area contributed by atoms with Crippen molar-refractivity contribution in [1.29, 1.82) is 0 Å². The number of rotatable bonds is 8. The Labute approximate surface area is 163 Å². The van der Waals surface area contributed by atoms with Crippen LogP contribution in [0.4, 0.5) is 0 Å². The Balaban J connectivity index is 1.91. The van der Waals surface area contributed by atoms with Crippen molar-refractivity contribution < 1.29 is 17.9 Å². The Morgan fingerprint density at radius 1 is 1.00 bits per heavy atom. The third-order valence-electron chi connectivity index (χ3n) is 4.36. The summed E-state index contributed by atoms with van der Waals surface area (Å²) >= 11 is 0. The molecule has 8 nitrogen and oxygen atoms in total. The first kappa shape index (κ1) is 20.0. The van der Waals surface area contributed by atoms with E-state index >= 15 is 0 Å². The summed E-state index contributed by atoms with van der Waals surface area (Å²) in [6.07, 6.45) is 0. The van der Waals surface area contributed by atoms with Crippen LogP contribution < -0.4 is 15.2 Å². The van der Waals surface area contributed by atoms with Gasteiger partial charge in [0, 0.05) is 13.1 Å². The average Bonchev–Trinajstić information content (AvgIpc) is 3.06. The molecule has 3 rings (SSSR count). The summed E-state index contributed by atoms with van der Waals surface area (Å²) < 4.78 is 38.4. The standard InChI is InChI=1S/C19H23N3O5S/c1-4-22(12-13-6-9-17(27-5-2)18(10-13)26-3)28(24,25)14-7-8-15-16(11-14)21-19(23)20-15/h6-11H,4-5,12H2,1-3H3,(H2,20,21,23). The van der Waals surface area contributed by atoms with Crippen molar-refractivity contribution in [3.8, 4) is 11.5 Å². The number of hydrogen-bond donors (Lipinski definition) is 2. The van der Waals surface area contributed by atoms with Crippen LogP contribution in [0.1, 0.15) is 19.4 Å². The molecule has 0 spiro atoms. The molecule has 2 N–H and O–H groups in total. The molecule has 2 aromatic carbocycles. The van der Waals surface area contributed by atoms with Crippen molar-refractivity contribution >= 4 is 21.1 Å². The van der Waals surface area contributed by atoms with Gasteiger partial charge in [0.1, 0.15) is 0 Å². The third kappa shape index (κ3) is 3.90. The number of methoxy groups -OCH3 is 1. The summed E-state index contributed by atoms with van der Waals surface area (Å²) in [6, 6.07) is 9.89. The van der Waals surface area contributed by atoms with Crippen LogP contribution >= 0.6 is 0 Å². The zero-order valence-corrected chi connectivity index (χ0v) is 16.8. The lowest BCUT2D eigenvalue weighted by molar-refractivity contribution is 0.310. The second-order valence-corrected chi connectivity index (χ2v) is 8.07. The summed E-state index contributed by atoms with van der Waals surface area (Å²) in [7, 11) is -2.20. The van der Waals surface area contributed by atoms with Crippen molar-refractivity contribution in [2.24, 2.45) is 0 Å². The molecule has 0 fully saturated rings. The van der Waals surface area contributed by atoms with Gasteiger partial charge in [-0.1, -0.05) is 13.0 Å². The van der Waals surface area contributed by atoms with Crippen LogP contribution in [0.15, 0.2) is 46.1 Å². The van der Waals surface area contributed by atoms with Gasteiger partial charge in [-0.2, -0.15) is 4.31 Å². The van der Waals surface area contributed by atoms with Crippen LogP contribution in [-0.4, -0.2) is 43.0 Å². The van der Waals surface area contributed by atoms with E-state index in [-0.39, 0.29) is 17.1 Å². The summed E-state index contributed by atoms with van der Waals surface area (Å²) in [4.78, 5) is 16.7. The normalized spacial score (nSPS) is 11.9. The van der Waals surface area contributed by atoms with Gasteiger partial charge < -0.3 is 19.4 Å². The van der Waals surface area contributed by atoms with Gasteiger partial charge in [0.05, 0.1) is 29.6 Å². The van der Waals surface area contributed by atoms with Crippen molar-refractivity contribution in [3.05, 3.63) is 52.4 Å². The molecular weight excluding hydrogens is 382 g/mol. The van der Waals surface area contributed by atoms with E-state index in [0.717, 1.165) is 5.56 Å². The highest BCUT2D eigenvalue weighted by Crippen LogP contribution is 2.29. The van der Waals surface area contributed by atoms with E-state index in [2.05, 4.69) is 9.97 Å². The van der Waals surface area contributed by atoms with Crippen LogP contribution in [-0.2, 0) is 16.6 Å². The number of H-pyrrole nitrogens is 2. The molecule has 0 atom stereocenters. The van der Waals surface area contributed by atoms with Gasteiger partial charge >= 0.3 is 5.69 Å². The number of imidazole rings is 1. The van der Waals surface area contributed by atoms with Gasteiger partial charge in [-0.3, -0.25) is 0 Å². The number of benzene rings is 2. The molecule has 0 unspecified atom stereocenters. The summed E-state index contributed by atoms with van der Waals surface area (Å²) in [6.45, 7) is 4.64. The number of aromatic nitrogens is 2. The Morgan fingerprint density at radius 3 is 2.43 bits per heavy atom. The first-order chi connectivity index (χ1) is 13.4. The summed E-state index contributed by atoms with van der Waals surface area (Å²) in [5, 5.41) is 0. The van der Waals surface area contributed by atoms with Crippen LogP contribution in [0.2, 0.25) is 0 Å². The first-order valence-corrected chi connectivity index (χ1v) is 10.3. The lowest BCUT2D eigenvalue weighted by atomic mass is 10.2. The number of aromatic amines is 2. The zero-order chi connectivity index (χ0) is 20.3. The smallest absolute Gasteiger partial charge is 0.323 e. The van der Waals surface area contributed by atoms with E-state index in [1.165, 1.54) is 16.4 Å². The van der Waals surface area contributed by atoms with E-state index in [1.54, 1.807) is 32.2 Å². The van der Waals surface area contributed by atoms with E-state index in [4.69, 9.17) is 9.47 Å². The minimum Gasteiger partial charge on any atom is -0.493 e.